The van der Waals surface area contributed by atoms with Crippen LogP contribution in [0.15, 0.2) is 0 Å². The molecule has 0 saturated carbocycles. The van der Waals surface area contributed by atoms with E-state index in [0.29, 0.717) is 18.5 Å². The predicted molar refractivity (Wildman–Crippen MR) is 64.3 cm³/mol. The minimum absolute atomic E-state index is 0.281. The molecule has 0 amide bonds. The van der Waals surface area contributed by atoms with Crippen LogP contribution in [0.2, 0.25) is 0 Å². The number of ether oxygens (including phenoxy) is 1. The van der Waals surface area contributed by atoms with Crippen molar-refractivity contribution in [3.63, 3.8) is 0 Å². The summed E-state index contributed by atoms with van der Waals surface area (Å²) in [6, 6.07) is 0.364. The van der Waals surface area contributed by atoms with Gasteiger partial charge in [-0.05, 0) is 25.4 Å². The highest BCUT2D eigenvalue weighted by Crippen LogP contribution is 2.16. The number of halogens is 3. The van der Waals surface area contributed by atoms with Gasteiger partial charge in [0, 0.05) is 19.1 Å². The van der Waals surface area contributed by atoms with Gasteiger partial charge in [-0.15, -0.1) is 13.2 Å². The van der Waals surface area contributed by atoms with Crippen molar-refractivity contribution in [2.24, 2.45) is 5.92 Å². The molecule has 1 aliphatic heterocycles. The fourth-order valence-corrected chi connectivity index (χ4v) is 2.18. The largest absolute Gasteiger partial charge is 0.522 e. The average Bonchev–Trinajstić information content (AvgIpc) is 2.52. The number of rotatable bonds is 5. The molecule has 1 saturated heterocycles. The Morgan fingerprint density at radius 3 is 2.78 bits per heavy atom. The second kappa shape index (κ2) is 7.31. The highest BCUT2D eigenvalue weighted by Gasteiger charge is 2.29. The summed E-state index contributed by atoms with van der Waals surface area (Å²) in [6.07, 6.45) is -2.47. The average molecular weight is 268 g/mol. The molecule has 1 fully saturated rings. The Hall–Kier alpha value is -0.330. The molecule has 1 heterocycles. The van der Waals surface area contributed by atoms with E-state index in [2.05, 4.69) is 28.8 Å². The zero-order valence-corrected chi connectivity index (χ0v) is 11.1. The lowest BCUT2D eigenvalue weighted by molar-refractivity contribution is -0.325. The Labute approximate surface area is 107 Å². The summed E-state index contributed by atoms with van der Waals surface area (Å²) in [4.78, 5) is 2.06. The maximum absolute atomic E-state index is 11.9. The molecule has 1 aliphatic rings. The molecular formula is C12H23F3N2O. The van der Waals surface area contributed by atoms with E-state index in [1.54, 1.807) is 0 Å². The fourth-order valence-electron chi connectivity index (χ4n) is 2.18. The minimum atomic E-state index is -4.51. The van der Waals surface area contributed by atoms with Crippen LogP contribution in [0.3, 0.4) is 0 Å². The van der Waals surface area contributed by atoms with Gasteiger partial charge in [0.05, 0.1) is 6.61 Å². The molecular weight excluding hydrogens is 245 g/mol. The molecule has 0 aromatic carbocycles. The SMILES string of the molecule is CCC(C)C1CN(CCOC(F)(F)F)CCCN1. The molecule has 2 unspecified atom stereocenters. The summed E-state index contributed by atoms with van der Waals surface area (Å²) in [5.41, 5.74) is 0. The number of hydrogen-bond donors (Lipinski definition) is 1. The van der Waals surface area contributed by atoms with E-state index in [-0.39, 0.29) is 6.61 Å². The Morgan fingerprint density at radius 2 is 2.17 bits per heavy atom. The van der Waals surface area contributed by atoms with Gasteiger partial charge in [-0.1, -0.05) is 20.3 Å². The summed E-state index contributed by atoms with van der Waals surface area (Å²) < 4.78 is 39.5. The standard InChI is InChI=1S/C12H23F3N2O/c1-3-10(2)11-9-17(6-4-5-16-11)7-8-18-12(13,14)15/h10-11,16H,3-9H2,1-2H3. The van der Waals surface area contributed by atoms with E-state index in [1.165, 1.54) is 0 Å². The first-order valence-electron chi connectivity index (χ1n) is 6.58. The van der Waals surface area contributed by atoms with Crippen molar-refractivity contribution >= 4 is 0 Å². The molecule has 0 spiro atoms. The van der Waals surface area contributed by atoms with Crippen molar-refractivity contribution in [3.8, 4) is 0 Å². The summed E-state index contributed by atoms with van der Waals surface area (Å²) in [7, 11) is 0. The molecule has 0 bridgehead atoms. The Kier molecular flexibility index (Phi) is 6.38. The maximum atomic E-state index is 11.9. The summed E-state index contributed by atoms with van der Waals surface area (Å²) >= 11 is 0. The van der Waals surface area contributed by atoms with Crippen LogP contribution < -0.4 is 5.32 Å². The fraction of sp³-hybridized carbons (Fsp3) is 1.00. The lowest BCUT2D eigenvalue weighted by atomic mass is 9.99. The van der Waals surface area contributed by atoms with Gasteiger partial charge in [0.15, 0.2) is 0 Å². The zero-order chi connectivity index (χ0) is 13.6. The molecule has 0 radical (unpaired) electrons. The van der Waals surface area contributed by atoms with Crippen LogP contribution >= 0.6 is 0 Å². The molecule has 18 heavy (non-hydrogen) atoms. The first-order chi connectivity index (χ1) is 8.42. The zero-order valence-electron chi connectivity index (χ0n) is 11.1. The number of nitrogens with one attached hydrogen (secondary N) is 1. The van der Waals surface area contributed by atoms with Crippen LogP contribution in [-0.4, -0.2) is 50.1 Å². The van der Waals surface area contributed by atoms with Gasteiger partial charge in [0.1, 0.15) is 0 Å². The summed E-state index contributed by atoms with van der Waals surface area (Å²) in [5.74, 6) is 0.536. The van der Waals surface area contributed by atoms with Crippen molar-refractivity contribution in [1.82, 2.24) is 10.2 Å². The second-order valence-electron chi connectivity index (χ2n) is 4.89. The Balaban J connectivity index is 2.35. The first-order valence-corrected chi connectivity index (χ1v) is 6.58. The van der Waals surface area contributed by atoms with Gasteiger partial charge >= 0.3 is 6.36 Å². The lowest BCUT2D eigenvalue weighted by Crippen LogP contribution is -2.43. The quantitative estimate of drug-likeness (QED) is 0.827. The third kappa shape index (κ3) is 6.02. The van der Waals surface area contributed by atoms with Crippen LogP contribution in [0, 0.1) is 5.92 Å². The third-order valence-electron chi connectivity index (χ3n) is 3.52. The second-order valence-corrected chi connectivity index (χ2v) is 4.89. The van der Waals surface area contributed by atoms with Gasteiger partial charge < -0.3 is 5.32 Å². The van der Waals surface area contributed by atoms with Gasteiger partial charge in [-0.2, -0.15) is 0 Å². The van der Waals surface area contributed by atoms with Gasteiger partial charge in [-0.3, -0.25) is 9.64 Å². The molecule has 1 N–H and O–H groups in total. The highest BCUT2D eigenvalue weighted by molar-refractivity contribution is 4.80. The summed E-state index contributed by atoms with van der Waals surface area (Å²) in [5, 5.41) is 3.46. The van der Waals surface area contributed by atoms with Crippen LogP contribution in [0.1, 0.15) is 26.7 Å². The monoisotopic (exact) mass is 268 g/mol. The van der Waals surface area contributed by atoms with Crippen molar-refractivity contribution in [3.05, 3.63) is 0 Å². The molecule has 108 valence electrons. The van der Waals surface area contributed by atoms with E-state index < -0.39 is 6.36 Å². The predicted octanol–water partition coefficient (Wildman–Crippen LogP) is 2.23. The maximum Gasteiger partial charge on any atom is 0.522 e. The molecule has 0 aromatic rings. The van der Waals surface area contributed by atoms with E-state index >= 15 is 0 Å². The van der Waals surface area contributed by atoms with E-state index in [4.69, 9.17) is 0 Å². The lowest BCUT2D eigenvalue weighted by Gasteiger charge is -2.28. The smallest absolute Gasteiger partial charge is 0.312 e. The molecule has 2 atom stereocenters. The topological polar surface area (TPSA) is 24.5 Å². The van der Waals surface area contributed by atoms with Crippen molar-refractivity contribution < 1.29 is 17.9 Å². The number of alkyl halides is 3. The Morgan fingerprint density at radius 1 is 1.44 bits per heavy atom. The first kappa shape index (κ1) is 15.7. The van der Waals surface area contributed by atoms with Crippen molar-refractivity contribution in [2.75, 3.05) is 32.8 Å². The Bertz CT molecular complexity index is 236. The van der Waals surface area contributed by atoms with Crippen LogP contribution in [0.5, 0.6) is 0 Å². The molecule has 3 nitrogen and oxygen atoms in total. The third-order valence-corrected chi connectivity index (χ3v) is 3.52. The molecule has 0 aromatic heterocycles. The van der Waals surface area contributed by atoms with E-state index in [0.717, 1.165) is 32.5 Å². The number of hydrogen-bond acceptors (Lipinski definition) is 3. The van der Waals surface area contributed by atoms with Gasteiger partial charge in [0.2, 0.25) is 0 Å². The number of nitrogens with zero attached hydrogens (tertiary/aromatic N) is 1. The van der Waals surface area contributed by atoms with Crippen LogP contribution in [0.4, 0.5) is 13.2 Å². The van der Waals surface area contributed by atoms with Gasteiger partial charge in [0.25, 0.3) is 0 Å². The summed E-state index contributed by atoms with van der Waals surface area (Å²) in [6.45, 7) is 6.94. The normalized spacial score (nSPS) is 24.8. The molecule has 6 heteroatoms. The van der Waals surface area contributed by atoms with Crippen LogP contribution in [0.25, 0.3) is 0 Å². The highest BCUT2D eigenvalue weighted by atomic mass is 19.4. The van der Waals surface area contributed by atoms with Gasteiger partial charge in [-0.25, -0.2) is 0 Å². The van der Waals surface area contributed by atoms with E-state index in [1.807, 2.05) is 0 Å². The van der Waals surface area contributed by atoms with Crippen molar-refractivity contribution in [2.45, 2.75) is 39.1 Å². The molecule has 1 rings (SSSR count). The van der Waals surface area contributed by atoms with Crippen molar-refractivity contribution in [1.29, 1.82) is 0 Å². The molecule has 0 aliphatic carbocycles. The van der Waals surface area contributed by atoms with E-state index in [9.17, 15) is 13.2 Å². The minimum Gasteiger partial charge on any atom is -0.312 e. The van der Waals surface area contributed by atoms with Crippen LogP contribution in [-0.2, 0) is 4.74 Å².